The summed E-state index contributed by atoms with van der Waals surface area (Å²) in [6.07, 6.45) is 0.322. The van der Waals surface area contributed by atoms with Crippen LogP contribution >= 0.6 is 11.6 Å². The van der Waals surface area contributed by atoms with Gasteiger partial charge in [-0.05, 0) is 30.5 Å². The molecule has 8 nitrogen and oxygen atoms in total. The fourth-order valence-electron chi connectivity index (χ4n) is 5.55. The number of hydrogen-bond donors (Lipinski definition) is 3. The van der Waals surface area contributed by atoms with Crippen molar-refractivity contribution >= 4 is 40.9 Å². The molecule has 2 fully saturated rings. The van der Waals surface area contributed by atoms with Crippen LogP contribution < -0.4 is 16.4 Å². The highest BCUT2D eigenvalue weighted by molar-refractivity contribution is 6.35. The van der Waals surface area contributed by atoms with Gasteiger partial charge in [0.15, 0.2) is 0 Å². The first kappa shape index (κ1) is 21.6. The van der Waals surface area contributed by atoms with Gasteiger partial charge in [-0.15, -0.1) is 0 Å². The van der Waals surface area contributed by atoms with Gasteiger partial charge >= 0.3 is 0 Å². The number of nitrogens with zero attached hydrogens (tertiary/aromatic N) is 1. The molecule has 0 aliphatic carbocycles. The molecule has 2 aromatic rings. The molecule has 4 atom stereocenters. The number of carbonyl (C=O) groups excluding carboxylic acids is 4. The van der Waals surface area contributed by atoms with E-state index in [1.807, 2.05) is 37.3 Å². The number of hydrogen-bond acceptors (Lipinski definition) is 5. The molecular formula is C24H23ClN4O4. The van der Waals surface area contributed by atoms with Crippen molar-refractivity contribution in [3.8, 4) is 0 Å². The molecular weight excluding hydrogens is 444 g/mol. The summed E-state index contributed by atoms with van der Waals surface area (Å²) in [7, 11) is 0. The predicted octanol–water partition coefficient (Wildman–Crippen LogP) is 1.49. The van der Waals surface area contributed by atoms with Crippen molar-refractivity contribution in [2.45, 2.75) is 31.3 Å². The quantitative estimate of drug-likeness (QED) is 0.576. The average Bonchev–Trinajstić information content (AvgIpc) is 3.33. The van der Waals surface area contributed by atoms with Crippen molar-refractivity contribution in [3.05, 3.63) is 64.2 Å². The first-order valence-electron chi connectivity index (χ1n) is 10.8. The van der Waals surface area contributed by atoms with Gasteiger partial charge in [0.1, 0.15) is 5.54 Å². The molecule has 2 saturated heterocycles. The number of aryl methyl sites for hydroxylation is 1. The fourth-order valence-corrected chi connectivity index (χ4v) is 5.87. The zero-order valence-corrected chi connectivity index (χ0v) is 18.7. The third-order valence-corrected chi connectivity index (χ3v) is 7.20. The number of anilines is 1. The number of benzene rings is 2. The lowest BCUT2D eigenvalue weighted by Crippen LogP contribution is -2.53. The summed E-state index contributed by atoms with van der Waals surface area (Å²) in [5.41, 5.74) is 6.70. The highest BCUT2D eigenvalue weighted by Crippen LogP contribution is 2.54. The zero-order chi connectivity index (χ0) is 23.5. The Bertz CT molecular complexity index is 1200. The number of rotatable bonds is 5. The van der Waals surface area contributed by atoms with Crippen molar-refractivity contribution in [3.63, 3.8) is 0 Å². The fraction of sp³-hybridized carbons (Fsp3) is 0.333. The van der Waals surface area contributed by atoms with Gasteiger partial charge in [-0.3, -0.25) is 29.4 Å². The first-order chi connectivity index (χ1) is 15.7. The van der Waals surface area contributed by atoms with Crippen molar-refractivity contribution in [1.82, 2.24) is 10.2 Å². The Hall–Kier alpha value is -3.23. The van der Waals surface area contributed by atoms with Gasteiger partial charge in [-0.1, -0.05) is 48.0 Å². The van der Waals surface area contributed by atoms with E-state index in [1.54, 1.807) is 12.1 Å². The minimum Gasteiger partial charge on any atom is -0.370 e. The molecule has 0 aromatic heterocycles. The van der Waals surface area contributed by atoms with E-state index in [0.717, 1.165) is 11.1 Å². The summed E-state index contributed by atoms with van der Waals surface area (Å²) in [4.78, 5) is 53.6. The largest absolute Gasteiger partial charge is 0.370 e. The summed E-state index contributed by atoms with van der Waals surface area (Å²) in [5.74, 6) is -3.77. The molecule has 9 heteroatoms. The molecule has 4 amide bonds. The summed E-state index contributed by atoms with van der Waals surface area (Å²) < 4.78 is 0. The summed E-state index contributed by atoms with van der Waals surface area (Å²) in [5, 5.41) is 6.32. The van der Waals surface area contributed by atoms with E-state index >= 15 is 0 Å². The van der Waals surface area contributed by atoms with Gasteiger partial charge in [0.25, 0.3) is 0 Å². The Kier molecular flexibility index (Phi) is 5.02. The van der Waals surface area contributed by atoms with Crippen LogP contribution in [0.5, 0.6) is 0 Å². The SMILES string of the molecule is Cc1cc(Cl)c2c(c1)[C@]1(N[C@@H](CC(N)=O)[C@H]3C(=O)N(CCc4ccccc4)C(=O)[C@H]31)C(=O)N2. The van der Waals surface area contributed by atoms with E-state index in [0.29, 0.717) is 22.7 Å². The Morgan fingerprint density at radius 1 is 1.15 bits per heavy atom. The van der Waals surface area contributed by atoms with Crippen molar-refractivity contribution in [2.75, 3.05) is 11.9 Å². The topological polar surface area (TPSA) is 122 Å². The molecule has 0 bridgehead atoms. The van der Waals surface area contributed by atoms with Crippen LogP contribution in [0.15, 0.2) is 42.5 Å². The maximum Gasteiger partial charge on any atom is 0.250 e. The molecule has 33 heavy (non-hydrogen) atoms. The van der Waals surface area contributed by atoms with Crippen LogP contribution in [0.2, 0.25) is 5.02 Å². The van der Waals surface area contributed by atoms with Crippen molar-refractivity contribution in [1.29, 1.82) is 0 Å². The molecule has 3 heterocycles. The summed E-state index contributed by atoms with van der Waals surface area (Å²) >= 11 is 6.40. The average molecular weight is 467 g/mol. The minimum atomic E-state index is -1.50. The second-order valence-corrected chi connectivity index (χ2v) is 9.33. The monoisotopic (exact) mass is 466 g/mol. The zero-order valence-electron chi connectivity index (χ0n) is 17.9. The standard InChI is InChI=1S/C24H23ClN4O4/c1-12-9-14-20(15(25)10-12)27-23(33)24(14)19-18(16(28-24)11-17(26)30)21(31)29(22(19)32)8-7-13-5-3-2-4-6-13/h2-6,9-10,16,18-19,28H,7-8,11H2,1H3,(H2,26,30)(H,27,33)/t16-,18+,19-,24+/m0/s1. The Morgan fingerprint density at radius 2 is 1.88 bits per heavy atom. The molecule has 0 saturated carbocycles. The van der Waals surface area contributed by atoms with E-state index in [1.165, 1.54) is 4.90 Å². The van der Waals surface area contributed by atoms with Gasteiger partial charge in [0, 0.05) is 24.6 Å². The summed E-state index contributed by atoms with van der Waals surface area (Å²) in [6.45, 7) is 2.03. The number of imide groups is 1. The lowest BCUT2D eigenvalue weighted by molar-refractivity contribution is -0.142. The lowest BCUT2D eigenvalue weighted by atomic mass is 9.76. The number of primary amides is 1. The van der Waals surface area contributed by atoms with Gasteiger partial charge in [-0.25, -0.2) is 0 Å². The van der Waals surface area contributed by atoms with E-state index in [4.69, 9.17) is 17.3 Å². The smallest absolute Gasteiger partial charge is 0.250 e. The molecule has 0 unspecified atom stereocenters. The number of nitrogens with two attached hydrogens (primary N) is 1. The molecule has 3 aliphatic rings. The number of amides is 4. The molecule has 0 radical (unpaired) electrons. The third-order valence-electron chi connectivity index (χ3n) is 6.90. The van der Waals surface area contributed by atoms with Crippen LogP contribution in [0.1, 0.15) is 23.1 Å². The van der Waals surface area contributed by atoms with Gasteiger partial charge < -0.3 is 11.1 Å². The normalized spacial score (nSPS) is 27.8. The number of likely N-dealkylation sites (tertiary alicyclic amines) is 1. The van der Waals surface area contributed by atoms with E-state index in [9.17, 15) is 19.2 Å². The molecule has 1 spiro atoms. The van der Waals surface area contributed by atoms with E-state index in [-0.39, 0.29) is 13.0 Å². The third kappa shape index (κ3) is 3.16. The van der Waals surface area contributed by atoms with Crippen LogP contribution in [0.3, 0.4) is 0 Å². The van der Waals surface area contributed by atoms with E-state index < -0.39 is 47.0 Å². The molecule has 3 aliphatic heterocycles. The van der Waals surface area contributed by atoms with Crippen LogP contribution in [0, 0.1) is 18.8 Å². The molecule has 170 valence electrons. The number of nitrogens with one attached hydrogen (secondary N) is 2. The Labute approximate surface area is 195 Å². The predicted molar refractivity (Wildman–Crippen MR) is 121 cm³/mol. The van der Waals surface area contributed by atoms with Crippen LogP contribution in [-0.2, 0) is 31.1 Å². The second kappa shape index (κ2) is 7.67. The minimum absolute atomic E-state index is 0.170. The highest BCUT2D eigenvalue weighted by atomic mass is 35.5. The maximum atomic E-state index is 13.7. The van der Waals surface area contributed by atoms with Crippen molar-refractivity contribution in [2.24, 2.45) is 17.6 Å². The number of fused-ring (bicyclic) bond motifs is 4. The molecule has 5 rings (SSSR count). The van der Waals surface area contributed by atoms with Crippen LogP contribution in [-0.4, -0.2) is 41.1 Å². The molecule has 2 aromatic carbocycles. The van der Waals surface area contributed by atoms with Crippen molar-refractivity contribution < 1.29 is 19.2 Å². The van der Waals surface area contributed by atoms with Gasteiger partial charge in [-0.2, -0.15) is 0 Å². The van der Waals surface area contributed by atoms with Crippen LogP contribution in [0.25, 0.3) is 0 Å². The van der Waals surface area contributed by atoms with E-state index in [2.05, 4.69) is 10.6 Å². The Morgan fingerprint density at radius 3 is 2.58 bits per heavy atom. The first-order valence-corrected chi connectivity index (χ1v) is 11.2. The van der Waals surface area contributed by atoms with Gasteiger partial charge in [0.05, 0.1) is 22.5 Å². The number of carbonyl (C=O) groups is 4. The second-order valence-electron chi connectivity index (χ2n) is 8.92. The molecule has 4 N–H and O–H groups in total. The maximum absolute atomic E-state index is 13.7. The highest BCUT2D eigenvalue weighted by Gasteiger charge is 2.70. The summed E-state index contributed by atoms with van der Waals surface area (Å²) in [6, 6.07) is 12.3. The van der Waals surface area contributed by atoms with Gasteiger partial charge in [0.2, 0.25) is 23.6 Å². The van der Waals surface area contributed by atoms with Crippen LogP contribution in [0.4, 0.5) is 5.69 Å². The Balaban J connectivity index is 1.57. The number of halogens is 1. The lowest BCUT2D eigenvalue weighted by Gasteiger charge is -2.29.